The van der Waals surface area contributed by atoms with Crippen molar-refractivity contribution in [3.63, 3.8) is 0 Å². The van der Waals surface area contributed by atoms with Crippen LogP contribution in [0.4, 0.5) is 13.2 Å². The Morgan fingerprint density at radius 3 is 2.44 bits per heavy atom. The summed E-state index contributed by atoms with van der Waals surface area (Å²) in [4.78, 5) is 31.0. The zero-order valence-corrected chi connectivity index (χ0v) is 19.6. The number of aryl methyl sites for hydroxylation is 2. The third-order valence-electron chi connectivity index (χ3n) is 5.68. The number of benzene rings is 2. The Labute approximate surface area is 202 Å². The monoisotopic (exact) mass is 504 g/mol. The summed E-state index contributed by atoms with van der Waals surface area (Å²) in [6.07, 6.45) is -7.78. The first-order valence-corrected chi connectivity index (χ1v) is 10.8. The van der Waals surface area contributed by atoms with E-state index in [9.17, 15) is 27.9 Å². The lowest BCUT2D eigenvalue weighted by atomic mass is 10.1. The normalized spacial score (nSPS) is 12.6. The van der Waals surface area contributed by atoms with Crippen LogP contribution in [0, 0.1) is 6.92 Å². The highest BCUT2D eigenvalue weighted by molar-refractivity contribution is 5.77. The van der Waals surface area contributed by atoms with Gasteiger partial charge in [0.05, 0.1) is 13.7 Å². The summed E-state index contributed by atoms with van der Waals surface area (Å²) in [5.41, 5.74) is 0.196. The lowest BCUT2D eigenvalue weighted by Crippen LogP contribution is -2.39. The maximum Gasteiger partial charge on any atom is 0.416 e. The summed E-state index contributed by atoms with van der Waals surface area (Å²) in [7, 11) is 2.94. The number of ether oxygens (including phenoxy) is 2. The second kappa shape index (κ2) is 9.53. The summed E-state index contributed by atoms with van der Waals surface area (Å²) in [6.45, 7) is 1.16. The zero-order chi connectivity index (χ0) is 26.2. The number of nitrogens with zero attached hydrogens (tertiary/aromatic N) is 3. The number of H-pyrrole nitrogens is 1. The van der Waals surface area contributed by atoms with Gasteiger partial charge in [-0.1, -0.05) is 29.8 Å². The van der Waals surface area contributed by atoms with E-state index < -0.39 is 30.1 Å². The molecule has 1 unspecified atom stereocenters. The largest absolute Gasteiger partial charge is 0.493 e. The van der Waals surface area contributed by atoms with Gasteiger partial charge in [-0.3, -0.25) is 14.3 Å². The number of aliphatic hydroxyl groups excluding tert-OH is 1. The number of alkyl halides is 3. The van der Waals surface area contributed by atoms with E-state index in [0.717, 1.165) is 11.1 Å². The average molecular weight is 504 g/mol. The molecule has 0 spiro atoms. The molecular formula is C24H23F3N4O5. The Hall–Kier alpha value is -4.06. The molecule has 2 heterocycles. The summed E-state index contributed by atoms with van der Waals surface area (Å²) >= 11 is 0. The molecule has 2 aromatic carbocycles. The van der Waals surface area contributed by atoms with Crippen LogP contribution in [-0.4, -0.2) is 43.6 Å². The SMILES string of the molecule is COc1cc(-c2nc3c(c(=O)[nH]c(=O)n3CC(O)C(F)(F)F)n2C)ccc1OCc1ccc(C)cc1. The highest BCUT2D eigenvalue weighted by atomic mass is 19.4. The van der Waals surface area contributed by atoms with Crippen molar-refractivity contribution in [1.29, 1.82) is 0 Å². The van der Waals surface area contributed by atoms with Crippen LogP contribution >= 0.6 is 0 Å². The molecule has 0 aliphatic rings. The number of rotatable bonds is 7. The minimum Gasteiger partial charge on any atom is -0.493 e. The van der Waals surface area contributed by atoms with Gasteiger partial charge in [-0.15, -0.1) is 0 Å². The number of nitrogens with one attached hydrogen (secondary N) is 1. The topological polar surface area (TPSA) is 111 Å². The smallest absolute Gasteiger partial charge is 0.416 e. The molecule has 4 rings (SSSR count). The first kappa shape index (κ1) is 25.0. The molecule has 190 valence electrons. The van der Waals surface area contributed by atoms with Crippen molar-refractivity contribution in [2.24, 2.45) is 7.05 Å². The van der Waals surface area contributed by atoms with Crippen LogP contribution in [-0.2, 0) is 20.2 Å². The van der Waals surface area contributed by atoms with Crippen molar-refractivity contribution >= 4 is 11.2 Å². The lowest BCUT2D eigenvalue weighted by molar-refractivity contribution is -0.207. The minimum absolute atomic E-state index is 0.127. The standard InChI is InChI=1S/C24H23F3N4O5/c1-13-4-6-14(7-5-13)12-36-16-9-8-15(10-17(16)35-3)20-28-21-19(30(20)2)22(33)29-23(34)31(21)11-18(32)24(25,26)27/h4-10,18,32H,11-12H2,1-3H3,(H,29,33,34). The predicted octanol–water partition coefficient (Wildman–Crippen LogP) is 2.91. The number of hydrogen-bond donors (Lipinski definition) is 2. The molecule has 0 aliphatic carbocycles. The summed E-state index contributed by atoms with van der Waals surface area (Å²) in [5, 5.41) is 9.49. The number of aliphatic hydroxyl groups is 1. The first-order valence-electron chi connectivity index (χ1n) is 10.8. The second-order valence-electron chi connectivity index (χ2n) is 8.23. The zero-order valence-electron chi connectivity index (χ0n) is 19.6. The van der Waals surface area contributed by atoms with Gasteiger partial charge in [0, 0.05) is 12.6 Å². The van der Waals surface area contributed by atoms with Crippen molar-refractivity contribution in [2.45, 2.75) is 32.4 Å². The summed E-state index contributed by atoms with van der Waals surface area (Å²) < 4.78 is 52.0. The van der Waals surface area contributed by atoms with E-state index >= 15 is 0 Å². The molecule has 0 aliphatic heterocycles. The highest BCUT2D eigenvalue weighted by Crippen LogP contribution is 2.33. The van der Waals surface area contributed by atoms with Crippen molar-refractivity contribution in [3.05, 3.63) is 74.4 Å². The van der Waals surface area contributed by atoms with Crippen molar-refractivity contribution < 1.29 is 27.8 Å². The van der Waals surface area contributed by atoms with E-state index in [0.29, 0.717) is 28.2 Å². The molecule has 4 aromatic rings. The fourth-order valence-corrected chi connectivity index (χ4v) is 3.72. The van der Waals surface area contributed by atoms with Gasteiger partial charge in [0.1, 0.15) is 12.4 Å². The van der Waals surface area contributed by atoms with E-state index in [-0.39, 0.29) is 17.0 Å². The Bertz CT molecular complexity index is 1520. The predicted molar refractivity (Wildman–Crippen MR) is 125 cm³/mol. The molecule has 0 fully saturated rings. The molecule has 0 radical (unpaired) electrons. The third-order valence-corrected chi connectivity index (χ3v) is 5.68. The van der Waals surface area contributed by atoms with Gasteiger partial charge in [0.25, 0.3) is 5.56 Å². The number of aromatic nitrogens is 4. The van der Waals surface area contributed by atoms with Crippen LogP contribution in [0.15, 0.2) is 52.1 Å². The molecule has 1 atom stereocenters. The molecule has 0 saturated carbocycles. The van der Waals surface area contributed by atoms with Crippen molar-refractivity contribution in [1.82, 2.24) is 19.1 Å². The average Bonchev–Trinajstić information content (AvgIpc) is 3.18. The molecule has 0 saturated heterocycles. The quantitative estimate of drug-likeness (QED) is 0.401. The molecule has 12 heteroatoms. The fraction of sp³-hybridized carbons (Fsp3) is 0.292. The van der Waals surface area contributed by atoms with Gasteiger partial charge in [-0.25, -0.2) is 9.78 Å². The molecular weight excluding hydrogens is 481 g/mol. The minimum atomic E-state index is -4.96. The van der Waals surface area contributed by atoms with Gasteiger partial charge >= 0.3 is 11.9 Å². The van der Waals surface area contributed by atoms with Crippen molar-refractivity contribution in [3.8, 4) is 22.9 Å². The van der Waals surface area contributed by atoms with Crippen LogP contribution in [0.5, 0.6) is 11.5 Å². The number of methoxy groups -OCH3 is 1. The van der Waals surface area contributed by atoms with E-state index in [2.05, 4.69) is 4.98 Å². The van der Waals surface area contributed by atoms with Crippen molar-refractivity contribution in [2.75, 3.05) is 7.11 Å². The summed E-state index contributed by atoms with van der Waals surface area (Å²) in [6, 6.07) is 12.7. The first-order chi connectivity index (χ1) is 17.0. The van der Waals surface area contributed by atoms with Gasteiger partial charge in [0.2, 0.25) is 0 Å². The van der Waals surface area contributed by atoms with Crippen LogP contribution in [0.2, 0.25) is 0 Å². The van der Waals surface area contributed by atoms with Gasteiger partial charge in [0.15, 0.2) is 28.8 Å². The number of aromatic amines is 1. The molecule has 2 N–H and O–H groups in total. The Morgan fingerprint density at radius 2 is 1.81 bits per heavy atom. The summed E-state index contributed by atoms with van der Waals surface area (Å²) in [5.74, 6) is 1.01. The number of fused-ring (bicyclic) bond motifs is 1. The maximum absolute atomic E-state index is 12.9. The van der Waals surface area contributed by atoms with Gasteiger partial charge in [-0.05, 0) is 30.7 Å². The molecule has 0 bridgehead atoms. The second-order valence-corrected chi connectivity index (χ2v) is 8.23. The van der Waals surface area contributed by atoms with Gasteiger partial charge in [-0.2, -0.15) is 13.2 Å². The molecule has 9 nitrogen and oxygen atoms in total. The van der Waals surface area contributed by atoms with Crippen LogP contribution in [0.1, 0.15) is 11.1 Å². The van der Waals surface area contributed by atoms with E-state index in [1.165, 1.54) is 18.7 Å². The van der Waals surface area contributed by atoms with Crippen LogP contribution < -0.4 is 20.7 Å². The van der Waals surface area contributed by atoms with Gasteiger partial charge < -0.3 is 19.1 Å². The Kier molecular flexibility index (Phi) is 6.63. The van der Waals surface area contributed by atoms with E-state index in [1.54, 1.807) is 18.2 Å². The number of halogens is 3. The van der Waals surface area contributed by atoms with Crippen LogP contribution in [0.25, 0.3) is 22.6 Å². The molecule has 2 aromatic heterocycles. The fourth-order valence-electron chi connectivity index (χ4n) is 3.72. The molecule has 0 amide bonds. The Balaban J connectivity index is 1.73. The molecule has 36 heavy (non-hydrogen) atoms. The Morgan fingerprint density at radius 1 is 1.11 bits per heavy atom. The van der Waals surface area contributed by atoms with E-state index in [4.69, 9.17) is 9.47 Å². The third kappa shape index (κ3) is 4.85. The number of hydrogen-bond acceptors (Lipinski definition) is 6. The lowest BCUT2D eigenvalue weighted by Gasteiger charge is -2.15. The highest BCUT2D eigenvalue weighted by Gasteiger charge is 2.39. The van der Waals surface area contributed by atoms with E-state index in [1.807, 2.05) is 36.2 Å². The maximum atomic E-state index is 12.9. The number of imidazole rings is 1. The van der Waals surface area contributed by atoms with Crippen LogP contribution in [0.3, 0.4) is 0 Å².